The SMILES string of the molecule is O=C(O)C(Cc1cccc(Br)c1)Cc1ccc(Cl)c(Cl)c1. The predicted molar refractivity (Wildman–Crippen MR) is 89.1 cm³/mol. The summed E-state index contributed by atoms with van der Waals surface area (Å²) in [7, 11) is 0. The van der Waals surface area contributed by atoms with Crippen LogP contribution < -0.4 is 0 Å². The van der Waals surface area contributed by atoms with Crippen LogP contribution >= 0.6 is 39.1 Å². The molecule has 0 aliphatic carbocycles. The van der Waals surface area contributed by atoms with Gasteiger partial charge in [0, 0.05) is 4.47 Å². The molecule has 0 aliphatic rings. The third kappa shape index (κ3) is 4.73. The van der Waals surface area contributed by atoms with Crippen molar-refractivity contribution < 1.29 is 9.90 Å². The molecule has 2 aromatic rings. The summed E-state index contributed by atoms with van der Waals surface area (Å²) >= 11 is 15.2. The lowest BCUT2D eigenvalue weighted by Gasteiger charge is -2.13. The summed E-state index contributed by atoms with van der Waals surface area (Å²) in [5, 5.41) is 10.3. The molecule has 1 unspecified atom stereocenters. The van der Waals surface area contributed by atoms with Gasteiger partial charge in [0.2, 0.25) is 0 Å². The largest absolute Gasteiger partial charge is 0.481 e. The van der Waals surface area contributed by atoms with E-state index >= 15 is 0 Å². The zero-order chi connectivity index (χ0) is 15.4. The first-order chi connectivity index (χ1) is 9.95. The fourth-order valence-electron chi connectivity index (χ4n) is 2.15. The highest BCUT2D eigenvalue weighted by atomic mass is 79.9. The Morgan fingerprint density at radius 1 is 1.05 bits per heavy atom. The summed E-state index contributed by atoms with van der Waals surface area (Å²) < 4.78 is 0.943. The van der Waals surface area contributed by atoms with Crippen LogP contribution in [0.4, 0.5) is 0 Å². The number of rotatable bonds is 5. The van der Waals surface area contributed by atoms with Crippen molar-refractivity contribution in [2.45, 2.75) is 12.8 Å². The number of hydrogen-bond acceptors (Lipinski definition) is 1. The molecule has 110 valence electrons. The topological polar surface area (TPSA) is 37.3 Å². The minimum atomic E-state index is -0.818. The first-order valence-corrected chi connectivity index (χ1v) is 7.92. The molecule has 0 fully saturated rings. The number of carboxylic acids is 1. The van der Waals surface area contributed by atoms with Crippen LogP contribution in [0, 0.1) is 5.92 Å². The van der Waals surface area contributed by atoms with Crippen LogP contribution in [0.2, 0.25) is 10.0 Å². The number of halogens is 3. The van der Waals surface area contributed by atoms with Crippen molar-refractivity contribution in [3.63, 3.8) is 0 Å². The summed E-state index contributed by atoms with van der Waals surface area (Å²) in [6.07, 6.45) is 0.883. The maximum absolute atomic E-state index is 11.5. The van der Waals surface area contributed by atoms with E-state index in [2.05, 4.69) is 15.9 Å². The maximum Gasteiger partial charge on any atom is 0.307 e. The minimum Gasteiger partial charge on any atom is -0.481 e. The van der Waals surface area contributed by atoms with E-state index in [0.717, 1.165) is 15.6 Å². The number of benzene rings is 2. The molecule has 2 aromatic carbocycles. The van der Waals surface area contributed by atoms with Crippen molar-refractivity contribution in [2.75, 3.05) is 0 Å². The standard InChI is InChI=1S/C16H13BrCl2O2/c17-13-3-1-2-10(8-13)6-12(16(20)21)7-11-4-5-14(18)15(19)9-11/h1-5,8-9,12H,6-7H2,(H,20,21). The normalized spacial score (nSPS) is 12.1. The van der Waals surface area contributed by atoms with Crippen molar-refractivity contribution >= 4 is 45.1 Å². The van der Waals surface area contributed by atoms with Crippen molar-refractivity contribution in [1.82, 2.24) is 0 Å². The first kappa shape index (κ1) is 16.3. The highest BCUT2D eigenvalue weighted by molar-refractivity contribution is 9.10. The second-order valence-corrected chi connectivity index (χ2v) is 6.55. The van der Waals surface area contributed by atoms with Gasteiger partial charge in [-0.3, -0.25) is 4.79 Å². The molecule has 1 N–H and O–H groups in total. The van der Waals surface area contributed by atoms with Crippen LogP contribution in [0.5, 0.6) is 0 Å². The monoisotopic (exact) mass is 386 g/mol. The van der Waals surface area contributed by atoms with Gasteiger partial charge in [0.1, 0.15) is 0 Å². The Balaban J connectivity index is 2.15. The van der Waals surface area contributed by atoms with Crippen molar-refractivity contribution in [2.24, 2.45) is 5.92 Å². The number of carboxylic acid groups (broad SMARTS) is 1. The molecule has 2 rings (SSSR count). The lowest BCUT2D eigenvalue weighted by Crippen LogP contribution is -2.19. The second kappa shape index (κ2) is 7.30. The van der Waals surface area contributed by atoms with Crippen LogP contribution in [-0.4, -0.2) is 11.1 Å². The van der Waals surface area contributed by atoms with E-state index < -0.39 is 11.9 Å². The lowest BCUT2D eigenvalue weighted by atomic mass is 9.93. The van der Waals surface area contributed by atoms with E-state index in [0.29, 0.717) is 22.9 Å². The van der Waals surface area contributed by atoms with Crippen LogP contribution in [0.1, 0.15) is 11.1 Å². The lowest BCUT2D eigenvalue weighted by molar-refractivity contribution is -0.141. The molecule has 0 aliphatic heterocycles. The highest BCUT2D eigenvalue weighted by Crippen LogP contribution is 2.25. The van der Waals surface area contributed by atoms with Gasteiger partial charge in [-0.1, -0.05) is 57.3 Å². The fraction of sp³-hybridized carbons (Fsp3) is 0.188. The van der Waals surface area contributed by atoms with E-state index in [1.807, 2.05) is 30.3 Å². The summed E-state index contributed by atoms with van der Waals surface area (Å²) in [5.74, 6) is -1.32. The maximum atomic E-state index is 11.5. The summed E-state index contributed by atoms with van der Waals surface area (Å²) in [6.45, 7) is 0. The van der Waals surface area contributed by atoms with E-state index in [1.165, 1.54) is 0 Å². The average Bonchev–Trinajstić information content (AvgIpc) is 2.42. The summed E-state index contributed by atoms with van der Waals surface area (Å²) in [5.41, 5.74) is 1.85. The van der Waals surface area contributed by atoms with Gasteiger partial charge in [-0.25, -0.2) is 0 Å². The molecular weight excluding hydrogens is 375 g/mol. The Bertz CT molecular complexity index is 658. The summed E-state index contributed by atoms with van der Waals surface area (Å²) in [4.78, 5) is 11.5. The van der Waals surface area contributed by atoms with E-state index in [4.69, 9.17) is 23.2 Å². The molecule has 0 bridgehead atoms. The Kier molecular flexibility index (Phi) is 5.68. The van der Waals surface area contributed by atoms with Gasteiger partial charge in [0.15, 0.2) is 0 Å². The first-order valence-electron chi connectivity index (χ1n) is 6.37. The number of hydrogen-bond donors (Lipinski definition) is 1. The molecule has 0 amide bonds. The van der Waals surface area contributed by atoms with Crippen LogP contribution in [0.25, 0.3) is 0 Å². The number of aliphatic carboxylic acids is 1. The summed E-state index contributed by atoms with van der Waals surface area (Å²) in [6, 6.07) is 12.9. The van der Waals surface area contributed by atoms with Gasteiger partial charge in [0.25, 0.3) is 0 Å². The molecule has 2 nitrogen and oxygen atoms in total. The van der Waals surface area contributed by atoms with Crippen LogP contribution in [0.15, 0.2) is 46.9 Å². The molecule has 21 heavy (non-hydrogen) atoms. The minimum absolute atomic E-state index is 0.415. The Morgan fingerprint density at radius 3 is 2.29 bits per heavy atom. The van der Waals surface area contributed by atoms with Gasteiger partial charge >= 0.3 is 5.97 Å². The van der Waals surface area contributed by atoms with E-state index in [-0.39, 0.29) is 0 Å². The predicted octanol–water partition coefficient (Wildman–Crippen LogP) is 5.24. The third-order valence-electron chi connectivity index (χ3n) is 3.19. The molecule has 0 radical (unpaired) electrons. The van der Waals surface area contributed by atoms with E-state index in [1.54, 1.807) is 12.1 Å². The van der Waals surface area contributed by atoms with Crippen LogP contribution in [0.3, 0.4) is 0 Å². The molecule has 0 spiro atoms. The zero-order valence-electron chi connectivity index (χ0n) is 11.0. The van der Waals surface area contributed by atoms with Gasteiger partial charge in [0.05, 0.1) is 16.0 Å². The Morgan fingerprint density at radius 2 is 1.71 bits per heavy atom. The highest BCUT2D eigenvalue weighted by Gasteiger charge is 2.19. The number of carbonyl (C=O) groups is 1. The zero-order valence-corrected chi connectivity index (χ0v) is 14.1. The van der Waals surface area contributed by atoms with Crippen molar-refractivity contribution in [3.05, 3.63) is 68.1 Å². The molecular formula is C16H13BrCl2O2. The fourth-order valence-corrected chi connectivity index (χ4v) is 2.91. The van der Waals surface area contributed by atoms with E-state index in [9.17, 15) is 9.90 Å². The smallest absolute Gasteiger partial charge is 0.307 e. The molecule has 0 aromatic heterocycles. The molecule has 0 saturated carbocycles. The van der Waals surface area contributed by atoms with Gasteiger partial charge in [-0.15, -0.1) is 0 Å². The molecule has 1 atom stereocenters. The molecule has 5 heteroatoms. The second-order valence-electron chi connectivity index (χ2n) is 4.82. The average molecular weight is 388 g/mol. The van der Waals surface area contributed by atoms with Gasteiger partial charge in [-0.2, -0.15) is 0 Å². The third-order valence-corrected chi connectivity index (χ3v) is 4.42. The Hall–Kier alpha value is -1.03. The quantitative estimate of drug-likeness (QED) is 0.761. The molecule has 0 saturated heterocycles. The van der Waals surface area contributed by atoms with Gasteiger partial charge in [-0.05, 0) is 48.2 Å². The van der Waals surface area contributed by atoms with Crippen LogP contribution in [-0.2, 0) is 17.6 Å². The van der Waals surface area contributed by atoms with Crippen molar-refractivity contribution in [1.29, 1.82) is 0 Å². The Labute approximate surface area is 141 Å². The van der Waals surface area contributed by atoms with Gasteiger partial charge < -0.3 is 5.11 Å². The molecule has 0 heterocycles. The van der Waals surface area contributed by atoms with Crippen molar-refractivity contribution in [3.8, 4) is 0 Å².